The molecule has 1 aromatic carbocycles. The van der Waals surface area contributed by atoms with Crippen LogP contribution < -0.4 is 4.90 Å². The van der Waals surface area contributed by atoms with E-state index in [1.54, 1.807) is 4.90 Å². The first-order chi connectivity index (χ1) is 11.7. The van der Waals surface area contributed by atoms with Crippen LogP contribution in [0, 0.1) is 5.92 Å². The van der Waals surface area contributed by atoms with E-state index in [4.69, 9.17) is 0 Å². The summed E-state index contributed by atoms with van der Waals surface area (Å²) in [4.78, 5) is 27.1. The molecule has 0 atom stereocenters. The third-order valence-electron chi connectivity index (χ3n) is 4.55. The lowest BCUT2D eigenvalue weighted by atomic mass is 9.99. The second-order valence-corrected chi connectivity index (χ2v) is 6.53. The number of piperidine rings is 1. The van der Waals surface area contributed by atoms with Gasteiger partial charge in [-0.05, 0) is 37.0 Å². The summed E-state index contributed by atoms with van der Waals surface area (Å²) in [6.07, 6.45) is -2.46. The van der Waals surface area contributed by atoms with Crippen molar-refractivity contribution >= 4 is 17.5 Å². The molecule has 0 radical (unpaired) electrons. The van der Waals surface area contributed by atoms with Gasteiger partial charge in [-0.2, -0.15) is 13.2 Å². The Labute approximate surface area is 145 Å². The third kappa shape index (κ3) is 5.21. The zero-order valence-electron chi connectivity index (χ0n) is 14.5. The van der Waals surface area contributed by atoms with Crippen LogP contribution >= 0.6 is 0 Å². The fourth-order valence-corrected chi connectivity index (χ4v) is 2.94. The van der Waals surface area contributed by atoms with Gasteiger partial charge < -0.3 is 9.80 Å². The largest absolute Gasteiger partial charge is 0.416 e. The predicted octanol–water partition coefficient (Wildman–Crippen LogP) is 3.71. The van der Waals surface area contributed by atoms with Crippen molar-refractivity contribution in [2.24, 2.45) is 5.92 Å². The van der Waals surface area contributed by atoms with E-state index in [9.17, 15) is 22.8 Å². The Morgan fingerprint density at radius 1 is 1.24 bits per heavy atom. The fourth-order valence-electron chi connectivity index (χ4n) is 2.94. The van der Waals surface area contributed by atoms with E-state index in [-0.39, 0.29) is 30.5 Å². The number of anilines is 1. The Morgan fingerprint density at radius 3 is 2.44 bits per heavy atom. The molecule has 0 unspecified atom stereocenters. The molecular formula is C18H23F3N2O2. The number of hydrogen-bond acceptors (Lipinski definition) is 2. The number of hydrogen-bond donors (Lipinski definition) is 0. The van der Waals surface area contributed by atoms with Gasteiger partial charge in [0.1, 0.15) is 0 Å². The van der Waals surface area contributed by atoms with Crippen LogP contribution in [0.15, 0.2) is 24.3 Å². The topological polar surface area (TPSA) is 40.6 Å². The van der Waals surface area contributed by atoms with Crippen LogP contribution in [0.1, 0.15) is 38.7 Å². The van der Waals surface area contributed by atoms with Gasteiger partial charge in [-0.15, -0.1) is 0 Å². The third-order valence-corrected chi connectivity index (χ3v) is 4.55. The maximum absolute atomic E-state index is 12.9. The zero-order chi connectivity index (χ0) is 18.6. The highest BCUT2D eigenvalue weighted by atomic mass is 19.4. The van der Waals surface area contributed by atoms with Gasteiger partial charge in [-0.3, -0.25) is 9.59 Å². The molecule has 0 spiro atoms. The molecule has 0 N–H and O–H groups in total. The highest BCUT2D eigenvalue weighted by Crippen LogP contribution is 2.31. The van der Waals surface area contributed by atoms with Crippen LogP contribution in [0.3, 0.4) is 0 Å². The van der Waals surface area contributed by atoms with Gasteiger partial charge in [0.15, 0.2) is 0 Å². The van der Waals surface area contributed by atoms with Gasteiger partial charge in [-0.25, -0.2) is 0 Å². The standard InChI is InChI=1S/C18H23F3N2O2/c1-13-6-9-22(10-7-13)17(25)8-11-23(14(2)24)16-5-3-4-15(12-16)18(19,20)21/h3-5,12-13H,6-11H2,1-2H3. The van der Waals surface area contributed by atoms with Crippen LogP contribution in [-0.2, 0) is 15.8 Å². The molecule has 1 heterocycles. The van der Waals surface area contributed by atoms with Gasteiger partial charge in [0, 0.05) is 38.7 Å². The minimum absolute atomic E-state index is 0.0647. The number of halogens is 3. The number of rotatable bonds is 4. The zero-order valence-corrected chi connectivity index (χ0v) is 14.5. The van der Waals surface area contributed by atoms with E-state index in [0.29, 0.717) is 19.0 Å². The predicted molar refractivity (Wildman–Crippen MR) is 89.1 cm³/mol. The van der Waals surface area contributed by atoms with Crippen molar-refractivity contribution in [1.29, 1.82) is 0 Å². The van der Waals surface area contributed by atoms with Crippen LogP contribution in [0.4, 0.5) is 18.9 Å². The summed E-state index contributed by atoms with van der Waals surface area (Å²) in [6.45, 7) is 4.90. The van der Waals surface area contributed by atoms with E-state index in [1.165, 1.54) is 24.0 Å². The molecule has 4 nitrogen and oxygen atoms in total. The van der Waals surface area contributed by atoms with E-state index in [2.05, 4.69) is 6.92 Å². The summed E-state index contributed by atoms with van der Waals surface area (Å²) in [5.74, 6) is 0.146. The number of nitrogens with zero attached hydrogens (tertiary/aromatic N) is 2. The molecule has 138 valence electrons. The summed E-state index contributed by atoms with van der Waals surface area (Å²) in [5, 5.41) is 0. The average molecular weight is 356 g/mol. The fraction of sp³-hybridized carbons (Fsp3) is 0.556. The van der Waals surface area contributed by atoms with Crippen molar-refractivity contribution in [3.63, 3.8) is 0 Å². The molecule has 1 aliphatic rings. The molecule has 0 bridgehead atoms. The van der Waals surface area contributed by atoms with Crippen molar-refractivity contribution in [3.8, 4) is 0 Å². The SMILES string of the molecule is CC(=O)N(CCC(=O)N1CCC(C)CC1)c1cccc(C(F)(F)F)c1. The maximum Gasteiger partial charge on any atom is 0.416 e. The Kier molecular flexibility index (Phi) is 6.08. The summed E-state index contributed by atoms with van der Waals surface area (Å²) in [6, 6.07) is 4.61. The van der Waals surface area contributed by atoms with Crippen LogP contribution in [-0.4, -0.2) is 36.3 Å². The van der Waals surface area contributed by atoms with E-state index in [1.807, 2.05) is 0 Å². The van der Waals surface area contributed by atoms with Crippen molar-refractivity contribution in [3.05, 3.63) is 29.8 Å². The first kappa shape index (κ1) is 19.3. The Bertz CT molecular complexity index is 623. The molecule has 0 aliphatic carbocycles. The van der Waals surface area contributed by atoms with Gasteiger partial charge in [0.2, 0.25) is 11.8 Å². The number of carbonyl (C=O) groups is 2. The molecule has 1 saturated heterocycles. The molecular weight excluding hydrogens is 333 g/mol. The van der Waals surface area contributed by atoms with E-state index >= 15 is 0 Å². The molecule has 7 heteroatoms. The molecule has 2 rings (SSSR count). The molecule has 2 amide bonds. The van der Waals surface area contributed by atoms with Gasteiger partial charge in [0.25, 0.3) is 0 Å². The number of benzene rings is 1. The van der Waals surface area contributed by atoms with Crippen LogP contribution in [0.5, 0.6) is 0 Å². The summed E-state index contributed by atoms with van der Waals surface area (Å²) in [5.41, 5.74) is -0.657. The maximum atomic E-state index is 12.9. The van der Waals surface area contributed by atoms with Crippen molar-refractivity contribution < 1.29 is 22.8 Å². The molecule has 0 saturated carbocycles. The summed E-state index contributed by atoms with van der Waals surface area (Å²) >= 11 is 0. The van der Waals surface area contributed by atoms with Crippen molar-refractivity contribution in [2.75, 3.05) is 24.5 Å². The highest BCUT2D eigenvalue weighted by molar-refractivity contribution is 5.92. The number of amides is 2. The second kappa shape index (κ2) is 7.89. The lowest BCUT2D eigenvalue weighted by molar-refractivity contribution is -0.137. The first-order valence-electron chi connectivity index (χ1n) is 8.41. The smallest absolute Gasteiger partial charge is 0.343 e. The molecule has 1 fully saturated rings. The van der Waals surface area contributed by atoms with Crippen LogP contribution in [0.25, 0.3) is 0 Å². The number of alkyl halides is 3. The summed E-state index contributed by atoms with van der Waals surface area (Å²) < 4.78 is 38.6. The lowest BCUT2D eigenvalue weighted by Gasteiger charge is -2.31. The Morgan fingerprint density at radius 2 is 1.88 bits per heavy atom. The number of carbonyl (C=O) groups excluding carboxylic acids is 2. The lowest BCUT2D eigenvalue weighted by Crippen LogP contribution is -2.40. The minimum Gasteiger partial charge on any atom is -0.343 e. The van der Waals surface area contributed by atoms with Crippen molar-refractivity contribution in [1.82, 2.24) is 4.90 Å². The van der Waals surface area contributed by atoms with Gasteiger partial charge in [0.05, 0.1) is 5.56 Å². The Balaban J connectivity index is 2.04. The molecule has 0 aromatic heterocycles. The normalized spacial score (nSPS) is 16.0. The average Bonchev–Trinajstić information content (AvgIpc) is 2.54. The highest BCUT2D eigenvalue weighted by Gasteiger charge is 2.31. The minimum atomic E-state index is -4.47. The quantitative estimate of drug-likeness (QED) is 0.825. The Hall–Kier alpha value is -2.05. The van der Waals surface area contributed by atoms with Gasteiger partial charge in [-0.1, -0.05) is 13.0 Å². The van der Waals surface area contributed by atoms with Crippen LogP contribution in [0.2, 0.25) is 0 Å². The van der Waals surface area contributed by atoms with Crippen molar-refractivity contribution in [2.45, 2.75) is 39.3 Å². The van der Waals surface area contributed by atoms with E-state index in [0.717, 1.165) is 25.0 Å². The number of likely N-dealkylation sites (tertiary alicyclic amines) is 1. The first-order valence-corrected chi connectivity index (χ1v) is 8.41. The summed E-state index contributed by atoms with van der Waals surface area (Å²) in [7, 11) is 0. The second-order valence-electron chi connectivity index (χ2n) is 6.53. The molecule has 25 heavy (non-hydrogen) atoms. The molecule has 1 aliphatic heterocycles. The monoisotopic (exact) mass is 356 g/mol. The molecule has 1 aromatic rings. The van der Waals surface area contributed by atoms with E-state index < -0.39 is 11.7 Å². The van der Waals surface area contributed by atoms with Gasteiger partial charge >= 0.3 is 6.18 Å².